The molecule has 4 nitrogen and oxygen atoms in total. The summed E-state index contributed by atoms with van der Waals surface area (Å²) in [4.78, 5) is 15.5. The molecule has 0 atom stereocenters. The van der Waals surface area contributed by atoms with Crippen molar-refractivity contribution in [2.24, 2.45) is 5.10 Å². The molecule has 1 aromatic carbocycles. The van der Waals surface area contributed by atoms with Gasteiger partial charge in [-0.2, -0.15) is 5.10 Å². The number of amides is 1. The second kappa shape index (κ2) is 5.55. The van der Waals surface area contributed by atoms with Crippen LogP contribution in [0, 0.1) is 0 Å². The summed E-state index contributed by atoms with van der Waals surface area (Å²) in [5, 5.41) is 3.85. The molecule has 84 valence electrons. The molecule has 1 amide bonds. The Balaban J connectivity index is 1.95. The normalized spacial score (nSPS) is 10.4. The standard InChI is InChI=1S/C13H11N3O/c17-13(12-8-4-5-9-14-12)16-15-10-11-6-2-1-3-7-11/h1-10H,(H,16,17)/b15-10-. The van der Waals surface area contributed by atoms with E-state index in [4.69, 9.17) is 0 Å². The van der Waals surface area contributed by atoms with E-state index in [0.717, 1.165) is 5.56 Å². The molecular weight excluding hydrogens is 214 g/mol. The summed E-state index contributed by atoms with van der Waals surface area (Å²) in [6.45, 7) is 0. The first-order valence-corrected chi connectivity index (χ1v) is 5.16. The lowest BCUT2D eigenvalue weighted by atomic mass is 10.2. The molecule has 0 saturated heterocycles. The summed E-state index contributed by atoms with van der Waals surface area (Å²) in [7, 11) is 0. The van der Waals surface area contributed by atoms with Gasteiger partial charge in [0.05, 0.1) is 6.21 Å². The van der Waals surface area contributed by atoms with E-state index in [2.05, 4.69) is 15.5 Å². The molecule has 4 heteroatoms. The van der Waals surface area contributed by atoms with Gasteiger partial charge in [0, 0.05) is 6.20 Å². The van der Waals surface area contributed by atoms with Gasteiger partial charge in [-0.1, -0.05) is 36.4 Å². The molecule has 0 spiro atoms. The van der Waals surface area contributed by atoms with E-state index in [1.807, 2.05) is 30.3 Å². The summed E-state index contributed by atoms with van der Waals surface area (Å²) < 4.78 is 0. The van der Waals surface area contributed by atoms with Crippen molar-refractivity contribution in [3.63, 3.8) is 0 Å². The molecule has 2 rings (SSSR count). The molecular formula is C13H11N3O. The Kier molecular flexibility index (Phi) is 3.60. The van der Waals surface area contributed by atoms with Crippen LogP contribution in [-0.2, 0) is 0 Å². The minimum Gasteiger partial charge on any atom is -0.266 e. The maximum absolute atomic E-state index is 11.5. The molecule has 1 heterocycles. The highest BCUT2D eigenvalue weighted by Gasteiger charge is 2.02. The summed E-state index contributed by atoms with van der Waals surface area (Å²) >= 11 is 0. The average molecular weight is 225 g/mol. The van der Waals surface area contributed by atoms with Crippen LogP contribution in [0.2, 0.25) is 0 Å². The van der Waals surface area contributed by atoms with Crippen LogP contribution in [0.25, 0.3) is 0 Å². The van der Waals surface area contributed by atoms with E-state index in [9.17, 15) is 4.79 Å². The van der Waals surface area contributed by atoms with E-state index in [-0.39, 0.29) is 5.91 Å². The Hall–Kier alpha value is -2.49. The zero-order valence-corrected chi connectivity index (χ0v) is 9.08. The molecule has 0 aliphatic carbocycles. The monoisotopic (exact) mass is 225 g/mol. The summed E-state index contributed by atoms with van der Waals surface area (Å²) in [5.74, 6) is -0.321. The Morgan fingerprint density at radius 1 is 1.12 bits per heavy atom. The SMILES string of the molecule is O=C(N/N=C\c1ccccc1)c1ccccn1. The largest absolute Gasteiger partial charge is 0.289 e. The third-order valence-corrected chi connectivity index (χ3v) is 2.08. The van der Waals surface area contributed by atoms with Crippen molar-refractivity contribution in [1.29, 1.82) is 0 Å². The molecule has 0 bridgehead atoms. The number of rotatable bonds is 3. The van der Waals surface area contributed by atoms with Crippen molar-refractivity contribution in [1.82, 2.24) is 10.4 Å². The molecule has 17 heavy (non-hydrogen) atoms. The predicted molar refractivity (Wildman–Crippen MR) is 65.7 cm³/mol. The number of aromatic nitrogens is 1. The number of carbonyl (C=O) groups is 1. The Morgan fingerprint density at radius 3 is 2.59 bits per heavy atom. The van der Waals surface area contributed by atoms with Crippen LogP contribution in [0.4, 0.5) is 0 Å². The van der Waals surface area contributed by atoms with Crippen LogP contribution in [-0.4, -0.2) is 17.1 Å². The van der Waals surface area contributed by atoms with Crippen LogP contribution in [0.5, 0.6) is 0 Å². The highest BCUT2D eigenvalue weighted by Crippen LogP contribution is 1.94. The van der Waals surface area contributed by atoms with Gasteiger partial charge in [-0.25, -0.2) is 5.43 Å². The van der Waals surface area contributed by atoms with Crippen molar-refractivity contribution < 1.29 is 4.79 Å². The first-order valence-electron chi connectivity index (χ1n) is 5.16. The number of nitrogens with one attached hydrogen (secondary N) is 1. The number of pyridine rings is 1. The van der Waals surface area contributed by atoms with E-state index in [1.165, 1.54) is 0 Å². The number of benzene rings is 1. The van der Waals surface area contributed by atoms with Crippen LogP contribution in [0.15, 0.2) is 59.8 Å². The highest BCUT2D eigenvalue weighted by atomic mass is 16.2. The second-order valence-electron chi connectivity index (χ2n) is 3.32. The fourth-order valence-electron chi connectivity index (χ4n) is 1.26. The van der Waals surface area contributed by atoms with Crippen molar-refractivity contribution in [3.05, 3.63) is 66.0 Å². The van der Waals surface area contributed by atoms with E-state index < -0.39 is 0 Å². The van der Waals surface area contributed by atoms with Crippen LogP contribution < -0.4 is 5.43 Å². The summed E-state index contributed by atoms with van der Waals surface area (Å²) in [6.07, 6.45) is 3.15. The average Bonchev–Trinajstić information content (AvgIpc) is 2.41. The molecule has 1 aromatic heterocycles. The van der Waals surface area contributed by atoms with Crippen LogP contribution in [0.1, 0.15) is 16.1 Å². The molecule has 0 aliphatic heterocycles. The van der Waals surface area contributed by atoms with E-state index in [0.29, 0.717) is 5.69 Å². The molecule has 0 radical (unpaired) electrons. The number of hydrazone groups is 1. The molecule has 0 unspecified atom stereocenters. The first-order chi connectivity index (χ1) is 8.36. The summed E-state index contributed by atoms with van der Waals surface area (Å²) in [5.41, 5.74) is 3.69. The van der Waals surface area contributed by atoms with Gasteiger partial charge in [0.25, 0.3) is 5.91 Å². The number of hydrogen-bond acceptors (Lipinski definition) is 3. The Morgan fingerprint density at radius 2 is 1.88 bits per heavy atom. The van der Waals surface area contributed by atoms with Crippen molar-refractivity contribution in [3.8, 4) is 0 Å². The third kappa shape index (κ3) is 3.24. The van der Waals surface area contributed by atoms with Crippen LogP contribution in [0.3, 0.4) is 0 Å². The Bertz CT molecular complexity index is 509. The lowest BCUT2D eigenvalue weighted by Gasteiger charge is -1.97. The van der Waals surface area contributed by atoms with Gasteiger partial charge in [-0.3, -0.25) is 9.78 Å². The fraction of sp³-hybridized carbons (Fsp3) is 0. The minimum absolute atomic E-state index is 0.321. The number of hydrogen-bond donors (Lipinski definition) is 1. The molecule has 0 saturated carbocycles. The maximum atomic E-state index is 11.5. The number of nitrogens with zero attached hydrogens (tertiary/aromatic N) is 2. The quantitative estimate of drug-likeness (QED) is 0.640. The zero-order valence-electron chi connectivity index (χ0n) is 9.08. The zero-order chi connectivity index (χ0) is 11.9. The van der Waals surface area contributed by atoms with Crippen molar-refractivity contribution in [2.45, 2.75) is 0 Å². The fourth-order valence-corrected chi connectivity index (χ4v) is 1.26. The van der Waals surface area contributed by atoms with Gasteiger partial charge in [0.1, 0.15) is 5.69 Å². The lowest BCUT2D eigenvalue weighted by molar-refractivity contribution is 0.0950. The van der Waals surface area contributed by atoms with Gasteiger partial charge in [-0.05, 0) is 17.7 Å². The lowest BCUT2D eigenvalue weighted by Crippen LogP contribution is -2.18. The maximum Gasteiger partial charge on any atom is 0.289 e. The van der Waals surface area contributed by atoms with Gasteiger partial charge < -0.3 is 0 Å². The highest BCUT2D eigenvalue weighted by molar-refractivity contribution is 5.92. The molecule has 0 aliphatic rings. The Labute approximate surface area is 99.0 Å². The van der Waals surface area contributed by atoms with Crippen molar-refractivity contribution in [2.75, 3.05) is 0 Å². The van der Waals surface area contributed by atoms with E-state index >= 15 is 0 Å². The third-order valence-electron chi connectivity index (χ3n) is 2.08. The van der Waals surface area contributed by atoms with Crippen molar-refractivity contribution >= 4 is 12.1 Å². The molecule has 2 aromatic rings. The molecule has 1 N–H and O–H groups in total. The van der Waals surface area contributed by atoms with Gasteiger partial charge >= 0.3 is 0 Å². The van der Waals surface area contributed by atoms with Crippen LogP contribution >= 0.6 is 0 Å². The van der Waals surface area contributed by atoms with E-state index in [1.54, 1.807) is 30.6 Å². The molecule has 0 fully saturated rings. The smallest absolute Gasteiger partial charge is 0.266 e. The first kappa shape index (κ1) is 11.0. The van der Waals surface area contributed by atoms with Gasteiger partial charge in [-0.15, -0.1) is 0 Å². The van der Waals surface area contributed by atoms with Gasteiger partial charge in [0.15, 0.2) is 0 Å². The minimum atomic E-state index is -0.321. The topological polar surface area (TPSA) is 54.4 Å². The second-order valence-corrected chi connectivity index (χ2v) is 3.32. The predicted octanol–water partition coefficient (Wildman–Crippen LogP) is 1.85. The summed E-state index contributed by atoms with van der Waals surface area (Å²) in [6, 6.07) is 14.7. The van der Waals surface area contributed by atoms with Gasteiger partial charge in [0.2, 0.25) is 0 Å². The number of carbonyl (C=O) groups excluding carboxylic acids is 1.